The van der Waals surface area contributed by atoms with E-state index in [0.717, 1.165) is 17.7 Å². The second kappa shape index (κ2) is 7.98. The molecule has 1 heterocycles. The molecular formula is C20H29NO5. The van der Waals surface area contributed by atoms with Crippen molar-refractivity contribution >= 4 is 12.1 Å². The van der Waals surface area contributed by atoms with Gasteiger partial charge in [0.1, 0.15) is 23.5 Å². The fraction of sp³-hybridized carbons (Fsp3) is 0.600. The highest BCUT2D eigenvalue weighted by atomic mass is 16.6. The fourth-order valence-corrected chi connectivity index (χ4v) is 3.03. The van der Waals surface area contributed by atoms with E-state index in [4.69, 9.17) is 9.47 Å². The predicted molar refractivity (Wildman–Crippen MR) is 98.5 cm³/mol. The highest BCUT2D eigenvalue weighted by Gasteiger charge is 2.42. The van der Waals surface area contributed by atoms with Gasteiger partial charge in [0.2, 0.25) is 0 Å². The molecule has 26 heavy (non-hydrogen) atoms. The van der Waals surface area contributed by atoms with E-state index in [9.17, 15) is 14.7 Å². The first-order valence-electron chi connectivity index (χ1n) is 9.10. The van der Waals surface area contributed by atoms with Gasteiger partial charge in [-0.05, 0) is 44.7 Å². The van der Waals surface area contributed by atoms with Crippen LogP contribution < -0.4 is 4.74 Å². The van der Waals surface area contributed by atoms with Gasteiger partial charge in [-0.15, -0.1) is 0 Å². The number of hydrogen-bond acceptors (Lipinski definition) is 4. The zero-order valence-electron chi connectivity index (χ0n) is 16.2. The highest BCUT2D eigenvalue weighted by molar-refractivity contribution is 5.81. The van der Waals surface area contributed by atoms with Gasteiger partial charge in [0.05, 0.1) is 6.54 Å². The van der Waals surface area contributed by atoms with Crippen LogP contribution in [0.4, 0.5) is 4.79 Å². The van der Waals surface area contributed by atoms with Gasteiger partial charge < -0.3 is 14.6 Å². The van der Waals surface area contributed by atoms with Crippen molar-refractivity contribution < 1.29 is 24.2 Å². The number of benzene rings is 1. The van der Waals surface area contributed by atoms with E-state index in [1.165, 1.54) is 4.90 Å². The Morgan fingerprint density at radius 1 is 1.31 bits per heavy atom. The van der Waals surface area contributed by atoms with Crippen molar-refractivity contribution in [1.29, 1.82) is 0 Å². The third-order valence-electron chi connectivity index (χ3n) is 4.53. The number of para-hydroxylation sites is 1. The van der Waals surface area contributed by atoms with Gasteiger partial charge in [-0.1, -0.05) is 32.0 Å². The molecule has 0 radical (unpaired) electrons. The SMILES string of the molecule is CCC(C)c1ccccc1O[C@H]1C[C@@H](C(=O)O)N(C(=O)OC(C)(C)C)C1. The second-order valence-electron chi connectivity index (χ2n) is 7.81. The summed E-state index contributed by atoms with van der Waals surface area (Å²) >= 11 is 0. The molecule has 2 rings (SSSR count). The standard InChI is InChI=1S/C20H29NO5/c1-6-13(2)15-9-7-8-10-17(15)25-14-11-16(18(22)23)21(12-14)19(24)26-20(3,4)5/h7-10,13-14,16H,6,11-12H2,1-5H3,(H,22,23)/t13?,14-,16-/m0/s1. The summed E-state index contributed by atoms with van der Waals surface area (Å²) in [5, 5.41) is 9.49. The Labute approximate surface area is 155 Å². The molecule has 0 spiro atoms. The van der Waals surface area contributed by atoms with E-state index in [0.29, 0.717) is 5.92 Å². The van der Waals surface area contributed by atoms with Gasteiger partial charge in [0.25, 0.3) is 0 Å². The minimum atomic E-state index is -1.04. The van der Waals surface area contributed by atoms with Crippen LogP contribution in [0.3, 0.4) is 0 Å². The molecule has 1 aromatic rings. The summed E-state index contributed by atoms with van der Waals surface area (Å²) in [5.74, 6) is 0.0454. The number of carboxylic acids is 1. The Hall–Kier alpha value is -2.24. The van der Waals surface area contributed by atoms with Crippen molar-refractivity contribution in [2.24, 2.45) is 0 Å². The van der Waals surface area contributed by atoms with Crippen LogP contribution in [-0.4, -0.2) is 46.4 Å². The Balaban J connectivity index is 2.15. The van der Waals surface area contributed by atoms with Crippen LogP contribution >= 0.6 is 0 Å². The first-order valence-corrected chi connectivity index (χ1v) is 9.10. The fourth-order valence-electron chi connectivity index (χ4n) is 3.03. The lowest BCUT2D eigenvalue weighted by Crippen LogP contribution is -2.43. The number of amides is 1. The number of likely N-dealkylation sites (tertiary alicyclic amines) is 1. The molecule has 3 atom stereocenters. The summed E-state index contributed by atoms with van der Waals surface area (Å²) in [7, 11) is 0. The van der Waals surface area contributed by atoms with Gasteiger partial charge in [-0.2, -0.15) is 0 Å². The molecule has 1 aromatic carbocycles. The molecule has 0 aliphatic carbocycles. The molecule has 1 N–H and O–H groups in total. The number of ether oxygens (including phenoxy) is 2. The number of carboxylic acid groups (broad SMARTS) is 1. The second-order valence-corrected chi connectivity index (χ2v) is 7.81. The van der Waals surface area contributed by atoms with Crippen molar-refractivity contribution in [3.8, 4) is 5.75 Å². The largest absolute Gasteiger partial charge is 0.488 e. The molecule has 1 unspecified atom stereocenters. The van der Waals surface area contributed by atoms with E-state index >= 15 is 0 Å². The van der Waals surface area contributed by atoms with Crippen molar-refractivity contribution in [2.75, 3.05) is 6.54 Å². The molecule has 0 saturated carbocycles. The summed E-state index contributed by atoms with van der Waals surface area (Å²) in [6.07, 6.45) is 0.219. The lowest BCUT2D eigenvalue weighted by Gasteiger charge is -2.26. The number of carbonyl (C=O) groups is 2. The molecule has 1 amide bonds. The molecule has 0 bridgehead atoms. The van der Waals surface area contributed by atoms with E-state index in [1.54, 1.807) is 20.8 Å². The maximum Gasteiger partial charge on any atom is 0.411 e. The topological polar surface area (TPSA) is 76.1 Å². The highest BCUT2D eigenvalue weighted by Crippen LogP contribution is 2.32. The third kappa shape index (κ3) is 4.90. The summed E-state index contributed by atoms with van der Waals surface area (Å²) < 4.78 is 11.5. The average Bonchev–Trinajstić information content (AvgIpc) is 2.97. The molecule has 6 nitrogen and oxygen atoms in total. The summed E-state index contributed by atoms with van der Waals surface area (Å²) in [4.78, 5) is 25.2. The lowest BCUT2D eigenvalue weighted by molar-refractivity contribution is -0.142. The third-order valence-corrected chi connectivity index (χ3v) is 4.53. The Morgan fingerprint density at radius 2 is 1.96 bits per heavy atom. The smallest absolute Gasteiger partial charge is 0.411 e. The average molecular weight is 363 g/mol. The van der Waals surface area contributed by atoms with Gasteiger partial charge in [0, 0.05) is 6.42 Å². The van der Waals surface area contributed by atoms with E-state index in [-0.39, 0.29) is 19.1 Å². The maximum absolute atomic E-state index is 12.4. The number of carbonyl (C=O) groups excluding carboxylic acids is 1. The normalized spacial score (nSPS) is 21.3. The first kappa shape index (κ1) is 20.1. The van der Waals surface area contributed by atoms with Crippen LogP contribution in [-0.2, 0) is 9.53 Å². The zero-order valence-corrected chi connectivity index (χ0v) is 16.2. The maximum atomic E-state index is 12.4. The predicted octanol–water partition coefficient (Wildman–Crippen LogP) is 4.04. The van der Waals surface area contributed by atoms with Crippen LogP contribution in [0.25, 0.3) is 0 Å². The Morgan fingerprint density at radius 3 is 2.54 bits per heavy atom. The van der Waals surface area contributed by atoms with Crippen LogP contribution in [0.15, 0.2) is 24.3 Å². The van der Waals surface area contributed by atoms with Crippen LogP contribution in [0.1, 0.15) is 58.9 Å². The van der Waals surface area contributed by atoms with Crippen LogP contribution in [0, 0.1) is 0 Å². The zero-order chi connectivity index (χ0) is 19.5. The minimum absolute atomic E-state index is 0.195. The Kier molecular flexibility index (Phi) is 6.16. The van der Waals surface area contributed by atoms with Crippen molar-refractivity contribution in [3.63, 3.8) is 0 Å². The summed E-state index contributed by atoms with van der Waals surface area (Å²) in [5.41, 5.74) is 0.417. The molecule has 1 fully saturated rings. The number of aliphatic carboxylic acids is 1. The van der Waals surface area contributed by atoms with Crippen LogP contribution in [0.2, 0.25) is 0 Å². The van der Waals surface area contributed by atoms with Crippen molar-refractivity contribution in [1.82, 2.24) is 4.90 Å². The van der Waals surface area contributed by atoms with E-state index in [2.05, 4.69) is 13.8 Å². The quantitative estimate of drug-likeness (QED) is 0.854. The van der Waals surface area contributed by atoms with E-state index in [1.807, 2.05) is 24.3 Å². The summed E-state index contributed by atoms with van der Waals surface area (Å²) in [6, 6.07) is 6.85. The van der Waals surface area contributed by atoms with Gasteiger partial charge >= 0.3 is 12.1 Å². The lowest BCUT2D eigenvalue weighted by atomic mass is 9.98. The minimum Gasteiger partial charge on any atom is -0.488 e. The van der Waals surface area contributed by atoms with Gasteiger partial charge in [0.15, 0.2) is 0 Å². The monoisotopic (exact) mass is 363 g/mol. The van der Waals surface area contributed by atoms with Crippen LogP contribution in [0.5, 0.6) is 5.75 Å². The van der Waals surface area contributed by atoms with Crippen molar-refractivity contribution in [2.45, 2.75) is 71.1 Å². The number of nitrogens with zero attached hydrogens (tertiary/aromatic N) is 1. The molecule has 1 aliphatic rings. The molecule has 0 aromatic heterocycles. The molecular weight excluding hydrogens is 334 g/mol. The van der Waals surface area contributed by atoms with E-state index < -0.39 is 23.7 Å². The number of rotatable bonds is 5. The molecule has 1 aliphatic heterocycles. The first-order chi connectivity index (χ1) is 12.1. The molecule has 6 heteroatoms. The number of hydrogen-bond donors (Lipinski definition) is 1. The van der Waals surface area contributed by atoms with Crippen molar-refractivity contribution in [3.05, 3.63) is 29.8 Å². The Bertz CT molecular complexity index is 652. The summed E-state index contributed by atoms with van der Waals surface area (Å²) in [6.45, 7) is 9.71. The van der Waals surface area contributed by atoms with Gasteiger partial charge in [-0.25, -0.2) is 9.59 Å². The molecule has 144 valence electrons. The van der Waals surface area contributed by atoms with Gasteiger partial charge in [-0.3, -0.25) is 4.90 Å². The molecule has 1 saturated heterocycles.